The molecule has 0 spiro atoms. The lowest BCUT2D eigenvalue weighted by molar-refractivity contribution is 0.537. The second kappa shape index (κ2) is 6.88. The Labute approximate surface area is 124 Å². The molecule has 2 aromatic rings. The molecule has 0 saturated carbocycles. The molecule has 2 heteroatoms. The van der Waals surface area contributed by atoms with E-state index in [9.17, 15) is 0 Å². The van der Waals surface area contributed by atoms with E-state index in [2.05, 4.69) is 89.7 Å². The summed E-state index contributed by atoms with van der Waals surface area (Å²) in [7, 11) is 0. The van der Waals surface area contributed by atoms with Gasteiger partial charge in [0.1, 0.15) is 0 Å². The first-order chi connectivity index (χ1) is 9.16. The van der Waals surface area contributed by atoms with Crippen LogP contribution in [-0.2, 0) is 0 Å². The van der Waals surface area contributed by atoms with Gasteiger partial charge >= 0.3 is 0 Å². The molecule has 0 fully saturated rings. The summed E-state index contributed by atoms with van der Waals surface area (Å²) in [6.45, 7) is 5.45. The van der Waals surface area contributed by atoms with Gasteiger partial charge in [-0.25, -0.2) is 0 Å². The highest BCUT2D eigenvalue weighted by atomic mass is 79.9. The van der Waals surface area contributed by atoms with Gasteiger partial charge in [-0.15, -0.1) is 0 Å². The van der Waals surface area contributed by atoms with Crippen molar-refractivity contribution in [3.8, 4) is 0 Å². The molecule has 1 N–H and O–H groups in total. The highest BCUT2D eigenvalue weighted by Crippen LogP contribution is 2.19. The number of hydrogen-bond acceptors (Lipinski definition) is 1. The average molecular weight is 318 g/mol. The highest BCUT2D eigenvalue weighted by molar-refractivity contribution is 9.10. The summed E-state index contributed by atoms with van der Waals surface area (Å²) in [4.78, 5) is 0. The molecule has 0 aliphatic rings. The smallest absolute Gasteiger partial charge is 0.0292 e. The maximum Gasteiger partial charge on any atom is 0.0292 e. The minimum atomic E-state index is 0.365. The summed E-state index contributed by atoms with van der Waals surface area (Å²) in [5.41, 5.74) is 2.70. The minimum absolute atomic E-state index is 0.365. The number of benzene rings is 2. The van der Waals surface area contributed by atoms with E-state index in [1.165, 1.54) is 11.1 Å². The van der Waals surface area contributed by atoms with E-state index < -0.39 is 0 Å². The van der Waals surface area contributed by atoms with Crippen molar-refractivity contribution in [1.29, 1.82) is 0 Å². The molecule has 100 valence electrons. The Morgan fingerprint density at radius 3 is 2.32 bits per heavy atom. The highest BCUT2D eigenvalue weighted by Gasteiger charge is 2.09. The Morgan fingerprint density at radius 2 is 1.63 bits per heavy atom. The van der Waals surface area contributed by atoms with Crippen LogP contribution in [0, 0.1) is 0 Å². The number of nitrogens with one attached hydrogen (secondary N) is 1. The van der Waals surface area contributed by atoms with Crippen LogP contribution in [0.25, 0.3) is 0 Å². The van der Waals surface area contributed by atoms with Gasteiger partial charge in [-0.2, -0.15) is 0 Å². The third-order valence-electron chi connectivity index (χ3n) is 3.45. The maximum absolute atomic E-state index is 3.60. The largest absolute Gasteiger partial charge is 0.310 e. The lowest BCUT2D eigenvalue weighted by atomic mass is 10.0. The first kappa shape index (κ1) is 14.3. The molecule has 0 aliphatic carbocycles. The van der Waals surface area contributed by atoms with Crippen LogP contribution in [0.15, 0.2) is 59.1 Å². The molecule has 1 nitrogen and oxygen atoms in total. The first-order valence-electron chi connectivity index (χ1n) is 6.70. The lowest BCUT2D eigenvalue weighted by Gasteiger charge is -2.18. The van der Waals surface area contributed by atoms with Crippen LogP contribution in [0.3, 0.4) is 0 Å². The Bertz CT molecular complexity index is 510. The van der Waals surface area contributed by atoms with Gasteiger partial charge in [0.25, 0.3) is 0 Å². The van der Waals surface area contributed by atoms with E-state index in [1.807, 2.05) is 0 Å². The van der Waals surface area contributed by atoms with Crippen LogP contribution >= 0.6 is 15.9 Å². The predicted molar refractivity (Wildman–Crippen MR) is 85.4 cm³/mol. The monoisotopic (exact) mass is 317 g/mol. The SMILES string of the molecule is CC(CN[C@@H](C)c1cccc(Br)c1)c1ccccc1. The van der Waals surface area contributed by atoms with Crippen molar-refractivity contribution >= 4 is 15.9 Å². The normalized spacial score (nSPS) is 14.1. The van der Waals surface area contributed by atoms with Crippen molar-refractivity contribution < 1.29 is 0 Å². The van der Waals surface area contributed by atoms with Crippen LogP contribution in [0.4, 0.5) is 0 Å². The maximum atomic E-state index is 3.60. The van der Waals surface area contributed by atoms with Crippen molar-refractivity contribution in [3.63, 3.8) is 0 Å². The van der Waals surface area contributed by atoms with Gasteiger partial charge in [0.15, 0.2) is 0 Å². The molecule has 2 aromatic carbocycles. The predicted octanol–water partition coefficient (Wildman–Crippen LogP) is 4.90. The van der Waals surface area contributed by atoms with E-state index in [-0.39, 0.29) is 0 Å². The summed E-state index contributed by atoms with van der Waals surface area (Å²) in [5, 5.41) is 3.60. The Kier molecular flexibility index (Phi) is 5.17. The van der Waals surface area contributed by atoms with Gasteiger partial charge < -0.3 is 5.32 Å². The minimum Gasteiger partial charge on any atom is -0.310 e. The quantitative estimate of drug-likeness (QED) is 0.826. The first-order valence-corrected chi connectivity index (χ1v) is 7.50. The van der Waals surface area contributed by atoms with Crippen molar-refractivity contribution in [1.82, 2.24) is 5.32 Å². The second-order valence-corrected chi connectivity index (χ2v) is 5.91. The topological polar surface area (TPSA) is 12.0 Å². The molecule has 0 radical (unpaired) electrons. The van der Waals surface area contributed by atoms with E-state index in [4.69, 9.17) is 0 Å². The fourth-order valence-electron chi connectivity index (χ4n) is 2.15. The summed E-state index contributed by atoms with van der Waals surface area (Å²) < 4.78 is 1.13. The van der Waals surface area contributed by atoms with Crippen LogP contribution in [0.1, 0.15) is 36.9 Å². The zero-order chi connectivity index (χ0) is 13.7. The molecule has 0 heterocycles. The second-order valence-electron chi connectivity index (χ2n) is 5.00. The molecule has 0 aliphatic heterocycles. The number of rotatable bonds is 5. The van der Waals surface area contributed by atoms with Crippen LogP contribution in [-0.4, -0.2) is 6.54 Å². The summed E-state index contributed by atoms with van der Waals surface area (Å²) in [6.07, 6.45) is 0. The van der Waals surface area contributed by atoms with Crippen molar-refractivity contribution in [2.24, 2.45) is 0 Å². The fourth-order valence-corrected chi connectivity index (χ4v) is 2.56. The van der Waals surface area contributed by atoms with Crippen molar-refractivity contribution in [2.75, 3.05) is 6.54 Å². The third kappa shape index (κ3) is 4.19. The molecular formula is C17H20BrN. The van der Waals surface area contributed by atoms with E-state index in [0.29, 0.717) is 12.0 Å². The molecule has 0 bridgehead atoms. The third-order valence-corrected chi connectivity index (χ3v) is 3.94. The fraction of sp³-hybridized carbons (Fsp3) is 0.294. The Balaban J connectivity index is 1.92. The van der Waals surface area contributed by atoms with Gasteiger partial charge in [0.05, 0.1) is 0 Å². The van der Waals surface area contributed by atoms with Gasteiger partial charge in [-0.3, -0.25) is 0 Å². The molecule has 0 amide bonds. The number of hydrogen-bond donors (Lipinski definition) is 1. The van der Waals surface area contributed by atoms with Gasteiger partial charge in [-0.1, -0.05) is 65.3 Å². The molecular weight excluding hydrogens is 298 g/mol. The molecule has 19 heavy (non-hydrogen) atoms. The van der Waals surface area contributed by atoms with Crippen LogP contribution in [0.2, 0.25) is 0 Å². The van der Waals surface area contributed by atoms with Gasteiger partial charge in [-0.05, 0) is 36.1 Å². The molecule has 2 atom stereocenters. The Morgan fingerprint density at radius 1 is 0.947 bits per heavy atom. The van der Waals surface area contributed by atoms with Gasteiger partial charge in [0, 0.05) is 17.1 Å². The standard InChI is InChI=1S/C17H20BrN/c1-13(15-7-4-3-5-8-15)12-19-14(2)16-9-6-10-17(18)11-16/h3-11,13-14,19H,12H2,1-2H3/t13?,14-/m0/s1. The van der Waals surface area contributed by atoms with Gasteiger partial charge in [0.2, 0.25) is 0 Å². The lowest BCUT2D eigenvalue weighted by Crippen LogP contribution is -2.23. The summed E-state index contributed by atoms with van der Waals surface area (Å²) >= 11 is 3.52. The number of halogens is 1. The molecule has 1 unspecified atom stereocenters. The van der Waals surface area contributed by atoms with Crippen molar-refractivity contribution in [2.45, 2.75) is 25.8 Å². The Hall–Kier alpha value is -1.12. The zero-order valence-electron chi connectivity index (χ0n) is 11.4. The zero-order valence-corrected chi connectivity index (χ0v) is 13.0. The van der Waals surface area contributed by atoms with Crippen molar-refractivity contribution in [3.05, 3.63) is 70.2 Å². The van der Waals surface area contributed by atoms with Crippen LogP contribution < -0.4 is 5.32 Å². The summed E-state index contributed by atoms with van der Waals surface area (Å²) in [5.74, 6) is 0.524. The van der Waals surface area contributed by atoms with E-state index >= 15 is 0 Å². The van der Waals surface area contributed by atoms with E-state index in [0.717, 1.165) is 11.0 Å². The molecule has 2 rings (SSSR count). The molecule has 0 aromatic heterocycles. The van der Waals surface area contributed by atoms with Crippen LogP contribution in [0.5, 0.6) is 0 Å². The molecule has 0 saturated heterocycles. The van der Waals surface area contributed by atoms with E-state index in [1.54, 1.807) is 0 Å². The summed E-state index contributed by atoms with van der Waals surface area (Å²) in [6, 6.07) is 19.5. The average Bonchev–Trinajstić information content (AvgIpc) is 2.45.